The van der Waals surface area contributed by atoms with E-state index in [4.69, 9.17) is 9.72 Å². The van der Waals surface area contributed by atoms with Crippen LogP contribution in [0, 0.1) is 22.7 Å². The number of anilines is 1. The number of nitrogens with one attached hydrogen (secondary N) is 3. The van der Waals surface area contributed by atoms with Crippen molar-refractivity contribution < 1.29 is 37.1 Å². The van der Waals surface area contributed by atoms with Crippen LogP contribution in [0.2, 0.25) is 0 Å². The van der Waals surface area contributed by atoms with Crippen molar-refractivity contribution in [2.24, 2.45) is 22.7 Å². The number of alkyl halides is 3. The van der Waals surface area contributed by atoms with Crippen LogP contribution in [0.5, 0.6) is 0 Å². The van der Waals surface area contributed by atoms with Gasteiger partial charge in [0.25, 0.3) is 5.91 Å². The number of cyclic esters (lactones) is 1. The number of amides is 3. The van der Waals surface area contributed by atoms with Gasteiger partial charge in [-0.05, 0) is 136 Å². The number of halogens is 3. The molecule has 10 aliphatic rings. The van der Waals surface area contributed by atoms with E-state index in [0.29, 0.717) is 92.0 Å². The Morgan fingerprint density at radius 1 is 0.902 bits per heavy atom. The second-order valence-electron chi connectivity index (χ2n) is 27.6. The van der Waals surface area contributed by atoms with Gasteiger partial charge in [0.1, 0.15) is 24.7 Å². The first-order chi connectivity index (χ1) is 39.4. The Balaban J connectivity index is 0.825. The molecule has 19 heteroatoms. The molecule has 1 aromatic carbocycles. The van der Waals surface area contributed by atoms with Crippen LogP contribution in [0.25, 0.3) is 27.7 Å². The molecule has 13 rings (SSSR count). The maximum absolute atomic E-state index is 15.3. The minimum absolute atomic E-state index is 0.0181. The molecule has 1 spiro atoms. The van der Waals surface area contributed by atoms with Crippen LogP contribution in [0.15, 0.2) is 36.5 Å². The predicted molar refractivity (Wildman–Crippen MR) is 308 cm³/mol. The van der Waals surface area contributed by atoms with Crippen molar-refractivity contribution >= 4 is 45.9 Å². The van der Waals surface area contributed by atoms with E-state index in [2.05, 4.69) is 58.8 Å². The van der Waals surface area contributed by atoms with Gasteiger partial charge in [-0.25, -0.2) is 5.43 Å². The summed E-state index contributed by atoms with van der Waals surface area (Å²) in [4.78, 5) is 75.1. The Labute approximate surface area is 481 Å². The normalized spacial score (nSPS) is 30.1. The number of pyridine rings is 1. The minimum Gasteiger partial charge on any atom is -0.464 e. The monoisotopic (exact) mass is 1130 g/mol. The number of likely N-dealkylation sites (tertiary alicyclic amines) is 2. The van der Waals surface area contributed by atoms with Crippen LogP contribution in [0.1, 0.15) is 134 Å². The second-order valence-corrected chi connectivity index (χ2v) is 27.6. The van der Waals surface area contributed by atoms with E-state index in [1.165, 1.54) is 35.3 Å². The number of hydrazine groups is 1. The molecule has 7 atom stereocenters. The molecule has 3 amide bonds. The first-order valence-electron chi connectivity index (χ1n) is 31.3. The van der Waals surface area contributed by atoms with Crippen LogP contribution in [-0.2, 0) is 36.9 Å². The standard InChI is InChI=1S/C63H86F3N11O5/c1-39(2)52-47(30-45(32-67-52)73-27-25-72(26-28-73)44-16-17-44)56-48-31-61(3,4)38-82-60(81)49-12-8-22-77(70-49)58(79)50(34-71-21-7-11-43(33-71)42-15-18-51(46(48)29-42)76(56)37-63(64,65)66)68-57(78)55(41-9-5-6-10-41)74-23-19-62(35-74)20-24-75(36-62)59(80)54-53(69-54)40-13-14-40/h11,15,18,29-30,32,39-41,44,49-50,53-55,69-70H,5-10,12-14,16-17,19-28,31,33-38H2,1-4H3,(H,68,78)/t49-,50-,53+,54+,55-,62-/m0/s1. The zero-order valence-electron chi connectivity index (χ0n) is 48.7. The van der Waals surface area contributed by atoms with E-state index < -0.39 is 42.2 Å². The van der Waals surface area contributed by atoms with Gasteiger partial charge in [-0.1, -0.05) is 52.7 Å². The summed E-state index contributed by atoms with van der Waals surface area (Å²) < 4.78 is 53.3. The number of ether oxygens (including phenoxy) is 1. The fraction of sp³-hybridized carbons (Fsp3) is 0.698. The number of rotatable bonds is 11. The molecule has 3 aromatic rings. The molecule has 3 N–H and O–H groups in total. The van der Waals surface area contributed by atoms with E-state index in [-0.39, 0.29) is 54.2 Å². The Bertz CT molecular complexity index is 2980. The molecule has 5 saturated heterocycles. The average molecular weight is 1130 g/mol. The lowest BCUT2D eigenvalue weighted by Crippen LogP contribution is -2.63. The summed E-state index contributed by atoms with van der Waals surface area (Å²) in [6.45, 7) is 14.9. The first kappa shape index (κ1) is 56.1. The lowest BCUT2D eigenvalue weighted by molar-refractivity contribution is -0.155. The second kappa shape index (κ2) is 22.1. The number of hydrogen-bond acceptors (Lipinski definition) is 12. The van der Waals surface area contributed by atoms with Gasteiger partial charge in [-0.3, -0.25) is 49.2 Å². The number of carbonyl (C=O) groups is 4. The first-order valence-corrected chi connectivity index (χ1v) is 31.3. The van der Waals surface area contributed by atoms with Crippen molar-refractivity contribution in [1.29, 1.82) is 0 Å². The summed E-state index contributed by atoms with van der Waals surface area (Å²) in [5, 5.41) is 9.05. The maximum atomic E-state index is 15.3. The van der Waals surface area contributed by atoms with Crippen LogP contribution in [0.4, 0.5) is 18.9 Å². The highest BCUT2D eigenvalue weighted by Gasteiger charge is 2.55. The lowest BCUT2D eigenvalue weighted by atomic mass is 9.83. The van der Waals surface area contributed by atoms with Crippen molar-refractivity contribution in [2.75, 3.05) is 90.0 Å². The molecule has 7 aliphatic heterocycles. The fourth-order valence-corrected chi connectivity index (χ4v) is 15.6. The molecular formula is C63H86F3N11O5. The predicted octanol–water partition coefficient (Wildman–Crippen LogP) is 7.10. The van der Waals surface area contributed by atoms with E-state index >= 15 is 22.8 Å². The Kier molecular flexibility index (Phi) is 15.1. The number of esters is 1. The van der Waals surface area contributed by atoms with E-state index in [9.17, 15) is 9.59 Å². The number of aromatic nitrogens is 2. The smallest absolute Gasteiger partial charge is 0.406 e. The van der Waals surface area contributed by atoms with Gasteiger partial charge in [-0.15, -0.1) is 0 Å². The third kappa shape index (κ3) is 11.6. The number of piperazine rings is 1. The molecule has 6 bridgehead atoms. The molecule has 8 fully saturated rings. The summed E-state index contributed by atoms with van der Waals surface area (Å²) in [7, 11) is 0. The van der Waals surface area contributed by atoms with Gasteiger partial charge in [0.2, 0.25) is 11.8 Å². The Hall–Kier alpha value is -5.08. The van der Waals surface area contributed by atoms with E-state index in [1.54, 1.807) is 0 Å². The Morgan fingerprint density at radius 2 is 1.68 bits per heavy atom. The number of benzene rings is 1. The van der Waals surface area contributed by atoms with Gasteiger partial charge in [0.15, 0.2) is 0 Å². The topological polar surface area (TPSA) is 161 Å². The highest BCUT2D eigenvalue weighted by molar-refractivity contribution is 5.95. The molecule has 3 saturated carbocycles. The number of hydrogen-bond donors (Lipinski definition) is 3. The zero-order valence-corrected chi connectivity index (χ0v) is 48.7. The number of carbonyl (C=O) groups excluding carboxylic acids is 4. The van der Waals surface area contributed by atoms with Crippen LogP contribution < -0.4 is 21.0 Å². The summed E-state index contributed by atoms with van der Waals surface area (Å²) in [5.74, 6) is -0.0610. The van der Waals surface area contributed by atoms with Gasteiger partial charge < -0.3 is 24.4 Å². The van der Waals surface area contributed by atoms with Gasteiger partial charge in [0, 0.05) is 111 Å². The number of fused-ring (bicyclic) bond motifs is 6. The van der Waals surface area contributed by atoms with Gasteiger partial charge in [-0.2, -0.15) is 13.2 Å². The molecule has 82 heavy (non-hydrogen) atoms. The third-order valence-corrected chi connectivity index (χ3v) is 20.4. The average Bonchev–Trinajstić information content (AvgIpc) is 3.70. The summed E-state index contributed by atoms with van der Waals surface area (Å²) in [6.07, 6.45) is 12.2. The molecular weight excluding hydrogens is 1050 g/mol. The van der Waals surface area contributed by atoms with Crippen molar-refractivity contribution in [3.05, 3.63) is 53.4 Å². The third-order valence-electron chi connectivity index (χ3n) is 20.4. The minimum atomic E-state index is -4.55. The van der Waals surface area contributed by atoms with Crippen molar-refractivity contribution in [1.82, 2.24) is 50.2 Å². The Morgan fingerprint density at radius 3 is 2.43 bits per heavy atom. The van der Waals surface area contributed by atoms with Gasteiger partial charge in [0.05, 0.1) is 35.9 Å². The maximum Gasteiger partial charge on any atom is 0.406 e. The molecule has 9 heterocycles. The number of nitrogens with zero attached hydrogens (tertiary/aromatic N) is 8. The van der Waals surface area contributed by atoms with Crippen LogP contribution in [0.3, 0.4) is 0 Å². The molecule has 3 aliphatic carbocycles. The molecule has 444 valence electrons. The van der Waals surface area contributed by atoms with Crippen molar-refractivity contribution in [3.8, 4) is 11.3 Å². The largest absolute Gasteiger partial charge is 0.464 e. The quantitative estimate of drug-likeness (QED) is 0.132. The van der Waals surface area contributed by atoms with E-state index in [1.807, 2.05) is 46.0 Å². The fourth-order valence-electron chi connectivity index (χ4n) is 15.6. The van der Waals surface area contributed by atoms with Crippen molar-refractivity contribution in [2.45, 2.75) is 172 Å². The van der Waals surface area contributed by atoms with Crippen molar-refractivity contribution in [3.63, 3.8) is 0 Å². The lowest BCUT2D eigenvalue weighted by Gasteiger charge is -2.39. The summed E-state index contributed by atoms with van der Waals surface area (Å²) >= 11 is 0. The van der Waals surface area contributed by atoms with E-state index in [0.717, 1.165) is 112 Å². The van der Waals surface area contributed by atoms with Gasteiger partial charge >= 0.3 is 12.1 Å². The summed E-state index contributed by atoms with van der Waals surface area (Å²) in [5.41, 5.74) is 8.31. The van der Waals surface area contributed by atoms with Crippen LogP contribution in [-0.4, -0.2) is 185 Å². The SMILES string of the molecule is CC(C)c1ncc(N2CCN(C3CC3)CC2)cc1-c1c2c3cc(ccc3n1CC(F)(F)F)C1=CCCN(C1)C[C@H](NC(=O)[C@H](C1CCCC1)N1CC[C@]3(CCN(C(=O)[C@@H]4N[C@@H]4C4CC4)C3)C1)C(=O)N1CCC[C@H](N1)C(=O)OCC(C)(C)C2. The highest BCUT2D eigenvalue weighted by atomic mass is 19.4. The molecule has 0 radical (unpaired) electrons. The zero-order chi connectivity index (χ0) is 56.8. The summed E-state index contributed by atoms with van der Waals surface area (Å²) in [6, 6.07) is 6.63. The van der Waals surface area contributed by atoms with Crippen LogP contribution >= 0.6 is 0 Å². The highest BCUT2D eigenvalue weighted by Crippen LogP contribution is 2.47. The molecule has 16 nitrogen and oxygen atoms in total. The molecule has 2 aromatic heterocycles. The molecule has 1 unspecified atom stereocenters.